The first kappa shape index (κ1) is 14.3. The zero-order valence-corrected chi connectivity index (χ0v) is 12.3. The highest BCUT2D eigenvalue weighted by Gasteiger charge is 2.30. The predicted octanol–water partition coefficient (Wildman–Crippen LogP) is 1.39. The molecule has 2 N–H and O–H groups in total. The number of hydroxylamine groups is 2. The van der Waals surface area contributed by atoms with Gasteiger partial charge in [-0.05, 0) is 42.4 Å². The Hall–Kier alpha value is -2.60. The van der Waals surface area contributed by atoms with Crippen LogP contribution in [0.5, 0.6) is 0 Å². The van der Waals surface area contributed by atoms with Gasteiger partial charge in [-0.25, -0.2) is 0 Å². The lowest BCUT2D eigenvalue weighted by molar-refractivity contribution is -0.184. The second-order valence-corrected chi connectivity index (χ2v) is 5.25. The standard InChI is InChI=1S/C16H17N3O3/c1-11-4-6-17-13(8-11)14-9-12(5-7-18-14)10-22-19-15(20)2-3-16(19)21/h4-9,17-18H,2-3,10H2,1H3. The fourth-order valence-corrected chi connectivity index (χ4v) is 2.33. The first-order valence-electron chi connectivity index (χ1n) is 7.11. The van der Waals surface area contributed by atoms with Crippen molar-refractivity contribution in [3.8, 4) is 0 Å². The van der Waals surface area contributed by atoms with Crippen LogP contribution in [0, 0.1) is 0 Å². The SMILES string of the molecule is CC1=CC(=C2C=C(CON3C(=O)CCC3=O)C=CN2)NC=C1. The van der Waals surface area contributed by atoms with Crippen molar-refractivity contribution in [1.82, 2.24) is 15.7 Å². The van der Waals surface area contributed by atoms with Crippen LogP contribution in [-0.4, -0.2) is 23.5 Å². The van der Waals surface area contributed by atoms with Crippen molar-refractivity contribution in [3.63, 3.8) is 0 Å². The third-order valence-electron chi connectivity index (χ3n) is 3.48. The van der Waals surface area contributed by atoms with Gasteiger partial charge in [0.15, 0.2) is 0 Å². The number of dihydropyridines is 2. The minimum atomic E-state index is -0.278. The molecule has 3 rings (SSSR count). The van der Waals surface area contributed by atoms with Gasteiger partial charge in [0.25, 0.3) is 11.8 Å². The van der Waals surface area contributed by atoms with Crippen LogP contribution < -0.4 is 10.6 Å². The molecule has 3 aliphatic rings. The van der Waals surface area contributed by atoms with Crippen LogP contribution in [0.25, 0.3) is 0 Å². The molecule has 0 radical (unpaired) electrons. The Morgan fingerprint density at radius 3 is 2.36 bits per heavy atom. The molecule has 1 fully saturated rings. The van der Waals surface area contributed by atoms with Crippen LogP contribution in [0.2, 0.25) is 0 Å². The molecule has 0 aromatic rings. The van der Waals surface area contributed by atoms with E-state index in [9.17, 15) is 9.59 Å². The highest BCUT2D eigenvalue weighted by Crippen LogP contribution is 2.17. The van der Waals surface area contributed by atoms with E-state index in [1.165, 1.54) is 0 Å². The molecule has 2 amide bonds. The second-order valence-electron chi connectivity index (χ2n) is 5.25. The molecular formula is C16H17N3O3. The molecule has 22 heavy (non-hydrogen) atoms. The van der Waals surface area contributed by atoms with E-state index in [0.29, 0.717) is 0 Å². The molecule has 0 atom stereocenters. The first-order chi connectivity index (χ1) is 10.6. The Balaban J connectivity index is 1.70. The summed E-state index contributed by atoms with van der Waals surface area (Å²) >= 11 is 0. The van der Waals surface area contributed by atoms with Crippen LogP contribution in [0.15, 0.2) is 59.2 Å². The molecule has 0 unspecified atom stereocenters. The highest BCUT2D eigenvalue weighted by molar-refractivity contribution is 6.00. The Bertz CT molecular complexity index is 652. The van der Waals surface area contributed by atoms with Crippen LogP contribution in [0.3, 0.4) is 0 Å². The van der Waals surface area contributed by atoms with Gasteiger partial charge < -0.3 is 10.6 Å². The summed E-state index contributed by atoms with van der Waals surface area (Å²) in [6.07, 6.45) is 11.9. The lowest BCUT2D eigenvalue weighted by Gasteiger charge is -2.18. The Labute approximate surface area is 128 Å². The zero-order chi connectivity index (χ0) is 15.5. The maximum Gasteiger partial charge on any atom is 0.254 e. The van der Waals surface area contributed by atoms with Gasteiger partial charge in [-0.2, -0.15) is 5.06 Å². The molecule has 0 saturated carbocycles. The average molecular weight is 299 g/mol. The van der Waals surface area contributed by atoms with Crippen LogP contribution in [-0.2, 0) is 14.4 Å². The van der Waals surface area contributed by atoms with Crippen LogP contribution >= 0.6 is 0 Å². The van der Waals surface area contributed by atoms with Gasteiger partial charge in [0, 0.05) is 25.2 Å². The maximum absolute atomic E-state index is 11.5. The zero-order valence-electron chi connectivity index (χ0n) is 12.3. The molecular weight excluding hydrogens is 282 g/mol. The van der Waals surface area contributed by atoms with E-state index >= 15 is 0 Å². The smallest absolute Gasteiger partial charge is 0.254 e. The van der Waals surface area contributed by atoms with E-state index in [-0.39, 0.29) is 31.3 Å². The Morgan fingerprint density at radius 1 is 1.05 bits per heavy atom. The largest absolute Gasteiger partial charge is 0.360 e. The van der Waals surface area contributed by atoms with E-state index in [1.807, 2.05) is 37.4 Å². The summed E-state index contributed by atoms with van der Waals surface area (Å²) in [6, 6.07) is 0. The summed E-state index contributed by atoms with van der Waals surface area (Å²) in [7, 11) is 0. The minimum absolute atomic E-state index is 0.172. The third-order valence-corrected chi connectivity index (χ3v) is 3.48. The van der Waals surface area contributed by atoms with E-state index in [0.717, 1.165) is 27.6 Å². The average Bonchev–Trinajstić information content (AvgIpc) is 2.84. The summed E-state index contributed by atoms with van der Waals surface area (Å²) in [6.45, 7) is 2.19. The Kier molecular flexibility index (Phi) is 3.93. The molecule has 6 heteroatoms. The lowest BCUT2D eigenvalue weighted by atomic mass is 10.1. The molecule has 0 spiro atoms. The van der Waals surface area contributed by atoms with Gasteiger partial charge in [-0.3, -0.25) is 14.4 Å². The van der Waals surface area contributed by atoms with Gasteiger partial charge in [0.1, 0.15) is 6.61 Å². The highest BCUT2D eigenvalue weighted by atomic mass is 16.7. The van der Waals surface area contributed by atoms with E-state index < -0.39 is 0 Å². The molecule has 0 bridgehead atoms. The normalized spacial score (nSPS) is 24.1. The van der Waals surface area contributed by atoms with E-state index in [4.69, 9.17) is 4.84 Å². The van der Waals surface area contributed by atoms with Crippen molar-refractivity contribution in [2.75, 3.05) is 6.61 Å². The molecule has 3 aliphatic heterocycles. The van der Waals surface area contributed by atoms with Crippen LogP contribution in [0.4, 0.5) is 0 Å². The molecule has 6 nitrogen and oxygen atoms in total. The number of hydrogen-bond donors (Lipinski definition) is 2. The molecule has 1 saturated heterocycles. The number of nitrogens with zero attached hydrogens (tertiary/aromatic N) is 1. The van der Waals surface area contributed by atoms with Gasteiger partial charge in [0.2, 0.25) is 0 Å². The first-order valence-corrected chi connectivity index (χ1v) is 7.11. The number of carbonyl (C=O) groups excluding carboxylic acids is 2. The van der Waals surface area contributed by atoms with Crippen molar-refractivity contribution < 1.29 is 14.4 Å². The van der Waals surface area contributed by atoms with Gasteiger partial charge in [-0.1, -0.05) is 0 Å². The number of imide groups is 1. The number of carbonyl (C=O) groups is 2. The summed E-state index contributed by atoms with van der Waals surface area (Å²) in [5.41, 5.74) is 3.88. The topological polar surface area (TPSA) is 70.7 Å². The molecule has 0 aromatic heterocycles. The number of allylic oxidation sites excluding steroid dienone is 4. The van der Waals surface area contributed by atoms with Crippen molar-refractivity contribution in [1.29, 1.82) is 0 Å². The van der Waals surface area contributed by atoms with E-state index in [2.05, 4.69) is 10.6 Å². The summed E-state index contributed by atoms with van der Waals surface area (Å²) in [4.78, 5) is 28.3. The summed E-state index contributed by atoms with van der Waals surface area (Å²) < 4.78 is 0. The predicted molar refractivity (Wildman–Crippen MR) is 80.5 cm³/mol. The molecule has 0 aromatic carbocycles. The summed E-state index contributed by atoms with van der Waals surface area (Å²) in [5.74, 6) is -0.556. The van der Waals surface area contributed by atoms with E-state index in [1.54, 1.807) is 6.20 Å². The van der Waals surface area contributed by atoms with Gasteiger partial charge in [-0.15, -0.1) is 0 Å². The van der Waals surface area contributed by atoms with Crippen molar-refractivity contribution >= 4 is 11.8 Å². The van der Waals surface area contributed by atoms with Gasteiger partial charge in [0.05, 0.1) is 11.4 Å². The number of nitrogens with one attached hydrogen (secondary N) is 2. The quantitative estimate of drug-likeness (QED) is 0.771. The molecule has 114 valence electrons. The van der Waals surface area contributed by atoms with Crippen molar-refractivity contribution in [2.24, 2.45) is 0 Å². The molecule has 0 aliphatic carbocycles. The van der Waals surface area contributed by atoms with Crippen LogP contribution in [0.1, 0.15) is 19.8 Å². The summed E-state index contributed by atoms with van der Waals surface area (Å²) in [5, 5.41) is 7.21. The monoisotopic (exact) mass is 299 g/mol. The minimum Gasteiger partial charge on any atom is -0.360 e. The maximum atomic E-state index is 11.5. The van der Waals surface area contributed by atoms with Gasteiger partial charge >= 0.3 is 0 Å². The second kappa shape index (κ2) is 6.03. The van der Waals surface area contributed by atoms with Crippen molar-refractivity contribution in [2.45, 2.75) is 19.8 Å². The molecule has 3 heterocycles. The Morgan fingerprint density at radius 2 is 1.68 bits per heavy atom. The lowest BCUT2D eigenvalue weighted by Crippen LogP contribution is -2.30. The third kappa shape index (κ3) is 3.01. The number of amides is 2. The number of rotatable bonds is 3. The fraction of sp³-hybridized carbons (Fsp3) is 0.250. The fourth-order valence-electron chi connectivity index (χ4n) is 2.33. The van der Waals surface area contributed by atoms with Crippen molar-refractivity contribution in [3.05, 3.63) is 59.2 Å². The number of hydrogen-bond acceptors (Lipinski definition) is 5.